The van der Waals surface area contributed by atoms with Gasteiger partial charge in [-0.1, -0.05) is 55.0 Å². The molecule has 0 heterocycles. The Balaban J connectivity index is 2.24. The maximum atomic E-state index is 12.7. The van der Waals surface area contributed by atoms with Gasteiger partial charge in [-0.3, -0.25) is 4.79 Å². The van der Waals surface area contributed by atoms with E-state index in [1.807, 2.05) is 51.1 Å². The highest BCUT2D eigenvalue weighted by atomic mass is 32.2. The topological polar surface area (TPSA) is 75.3 Å². The van der Waals surface area contributed by atoms with Crippen molar-refractivity contribution < 1.29 is 13.2 Å². The van der Waals surface area contributed by atoms with E-state index in [1.165, 1.54) is 0 Å². The van der Waals surface area contributed by atoms with Gasteiger partial charge in [-0.15, -0.1) is 0 Å². The van der Waals surface area contributed by atoms with Gasteiger partial charge in [-0.25, -0.2) is 8.42 Å². The first-order chi connectivity index (χ1) is 12.3. The van der Waals surface area contributed by atoms with E-state index in [1.54, 1.807) is 24.3 Å². The number of benzene rings is 2. The van der Waals surface area contributed by atoms with Crippen molar-refractivity contribution in [1.29, 1.82) is 0 Å². The van der Waals surface area contributed by atoms with Gasteiger partial charge in [0.05, 0.1) is 4.90 Å². The molecule has 2 aromatic carbocycles. The number of rotatable bonds is 8. The molecule has 0 saturated heterocycles. The number of nitrogens with one attached hydrogen (secondary N) is 2. The summed E-state index contributed by atoms with van der Waals surface area (Å²) in [5.41, 5.74) is 1.86. The lowest BCUT2D eigenvalue weighted by Crippen LogP contribution is -2.50. The molecule has 2 unspecified atom stereocenters. The first-order valence-corrected chi connectivity index (χ1v) is 10.2. The normalized spacial score (nSPS) is 13.8. The Bertz CT molecular complexity index is 818. The summed E-state index contributed by atoms with van der Waals surface area (Å²) in [7, 11) is -3.79. The molecule has 2 atom stereocenters. The van der Waals surface area contributed by atoms with E-state index in [0.717, 1.165) is 17.5 Å². The standard InChI is InChI=1S/C20H26N2O3S/c1-4-16(3)21-20(23)19(14-17-8-6-5-7-9-17)22-26(24,25)18-12-10-15(2)11-13-18/h5-13,16,19,22H,4,14H2,1-3H3,(H,21,23). The number of aryl methyl sites for hydroxylation is 1. The third kappa shape index (κ3) is 5.68. The summed E-state index contributed by atoms with van der Waals surface area (Å²) in [6.07, 6.45) is 1.06. The zero-order valence-corrected chi connectivity index (χ0v) is 16.2. The summed E-state index contributed by atoms with van der Waals surface area (Å²) in [5, 5.41) is 2.87. The summed E-state index contributed by atoms with van der Waals surface area (Å²) >= 11 is 0. The molecule has 0 aliphatic carbocycles. The van der Waals surface area contributed by atoms with Crippen molar-refractivity contribution in [2.24, 2.45) is 0 Å². The zero-order valence-electron chi connectivity index (χ0n) is 15.4. The minimum atomic E-state index is -3.79. The van der Waals surface area contributed by atoms with Crippen molar-refractivity contribution in [3.05, 3.63) is 65.7 Å². The van der Waals surface area contributed by atoms with E-state index in [9.17, 15) is 13.2 Å². The first kappa shape index (κ1) is 20.1. The molecule has 0 saturated carbocycles. The number of hydrogen-bond acceptors (Lipinski definition) is 3. The molecule has 0 aliphatic heterocycles. The van der Waals surface area contributed by atoms with Gasteiger partial charge in [0.2, 0.25) is 15.9 Å². The maximum absolute atomic E-state index is 12.7. The number of carbonyl (C=O) groups excluding carboxylic acids is 1. The Morgan fingerprint density at radius 3 is 2.23 bits per heavy atom. The molecule has 1 amide bonds. The lowest BCUT2D eigenvalue weighted by Gasteiger charge is -2.21. The molecule has 0 spiro atoms. The quantitative estimate of drug-likeness (QED) is 0.746. The minimum absolute atomic E-state index is 0.0235. The summed E-state index contributed by atoms with van der Waals surface area (Å²) in [5.74, 6) is -0.320. The van der Waals surface area contributed by atoms with Gasteiger partial charge < -0.3 is 5.32 Å². The van der Waals surface area contributed by atoms with Crippen molar-refractivity contribution >= 4 is 15.9 Å². The fourth-order valence-electron chi connectivity index (χ4n) is 2.46. The number of carbonyl (C=O) groups is 1. The van der Waals surface area contributed by atoms with Gasteiger partial charge in [-0.2, -0.15) is 4.72 Å². The van der Waals surface area contributed by atoms with E-state index < -0.39 is 16.1 Å². The van der Waals surface area contributed by atoms with Crippen LogP contribution in [0.2, 0.25) is 0 Å². The first-order valence-electron chi connectivity index (χ1n) is 8.75. The Hall–Kier alpha value is -2.18. The highest BCUT2D eigenvalue weighted by Gasteiger charge is 2.26. The van der Waals surface area contributed by atoms with Gasteiger partial charge >= 0.3 is 0 Å². The zero-order chi connectivity index (χ0) is 19.2. The van der Waals surface area contributed by atoms with Gasteiger partial charge in [0.25, 0.3) is 0 Å². The molecule has 0 bridgehead atoms. The lowest BCUT2D eigenvalue weighted by molar-refractivity contribution is -0.123. The molecule has 0 fully saturated rings. The monoisotopic (exact) mass is 374 g/mol. The molecule has 2 aromatic rings. The largest absolute Gasteiger partial charge is 0.352 e. The highest BCUT2D eigenvalue weighted by molar-refractivity contribution is 7.89. The fraction of sp³-hybridized carbons (Fsp3) is 0.350. The molecular formula is C20H26N2O3S. The number of sulfonamides is 1. The Morgan fingerprint density at radius 1 is 1.04 bits per heavy atom. The van der Waals surface area contributed by atoms with Gasteiger partial charge in [0.15, 0.2) is 0 Å². The molecule has 0 aromatic heterocycles. The highest BCUT2D eigenvalue weighted by Crippen LogP contribution is 2.12. The van der Waals surface area contributed by atoms with E-state index in [2.05, 4.69) is 10.0 Å². The summed E-state index contributed by atoms with van der Waals surface area (Å²) in [4.78, 5) is 12.8. The molecule has 5 nitrogen and oxygen atoms in total. The van der Waals surface area contributed by atoms with E-state index >= 15 is 0 Å². The number of hydrogen-bond donors (Lipinski definition) is 2. The van der Waals surface area contributed by atoms with Crippen LogP contribution in [0.3, 0.4) is 0 Å². The Morgan fingerprint density at radius 2 is 1.65 bits per heavy atom. The van der Waals surface area contributed by atoms with Crippen LogP contribution in [0.1, 0.15) is 31.4 Å². The van der Waals surface area contributed by atoms with Crippen molar-refractivity contribution in [2.45, 2.75) is 50.6 Å². The molecule has 6 heteroatoms. The second kappa shape index (κ2) is 8.96. The predicted octanol–water partition coefficient (Wildman–Crippen LogP) is 2.80. The molecular weight excluding hydrogens is 348 g/mol. The molecule has 140 valence electrons. The molecule has 2 N–H and O–H groups in total. The minimum Gasteiger partial charge on any atom is -0.352 e. The van der Waals surface area contributed by atoms with Crippen LogP contribution in [-0.2, 0) is 21.2 Å². The van der Waals surface area contributed by atoms with Crippen LogP contribution in [0.25, 0.3) is 0 Å². The average molecular weight is 375 g/mol. The Kier molecular flexibility index (Phi) is 6.94. The predicted molar refractivity (Wildman–Crippen MR) is 103 cm³/mol. The van der Waals surface area contributed by atoms with Crippen molar-refractivity contribution in [2.75, 3.05) is 0 Å². The molecule has 26 heavy (non-hydrogen) atoms. The number of amides is 1. The van der Waals surface area contributed by atoms with E-state index in [-0.39, 0.29) is 23.3 Å². The smallest absolute Gasteiger partial charge is 0.241 e. The van der Waals surface area contributed by atoms with Crippen molar-refractivity contribution in [3.63, 3.8) is 0 Å². The third-order valence-corrected chi connectivity index (χ3v) is 5.72. The van der Waals surface area contributed by atoms with Crippen LogP contribution in [-0.4, -0.2) is 26.4 Å². The van der Waals surface area contributed by atoms with Crippen LogP contribution >= 0.6 is 0 Å². The Labute approximate surface area is 155 Å². The SMILES string of the molecule is CCC(C)NC(=O)C(Cc1ccccc1)NS(=O)(=O)c1ccc(C)cc1. The summed E-state index contributed by atoms with van der Waals surface area (Å²) in [6, 6.07) is 15.0. The van der Waals surface area contributed by atoms with Crippen LogP contribution < -0.4 is 10.0 Å². The van der Waals surface area contributed by atoms with Crippen molar-refractivity contribution in [1.82, 2.24) is 10.0 Å². The second-order valence-electron chi connectivity index (χ2n) is 6.49. The average Bonchev–Trinajstić information content (AvgIpc) is 2.62. The van der Waals surface area contributed by atoms with Crippen LogP contribution in [0.15, 0.2) is 59.5 Å². The second-order valence-corrected chi connectivity index (χ2v) is 8.21. The third-order valence-electron chi connectivity index (χ3n) is 4.23. The summed E-state index contributed by atoms with van der Waals surface area (Å²) < 4.78 is 28.0. The maximum Gasteiger partial charge on any atom is 0.241 e. The van der Waals surface area contributed by atoms with E-state index in [0.29, 0.717) is 0 Å². The molecule has 0 aliphatic rings. The van der Waals surface area contributed by atoms with Crippen molar-refractivity contribution in [3.8, 4) is 0 Å². The molecule has 2 rings (SSSR count). The van der Waals surface area contributed by atoms with Gasteiger partial charge in [-0.05, 0) is 44.4 Å². The van der Waals surface area contributed by atoms with Gasteiger partial charge in [0, 0.05) is 6.04 Å². The molecule has 0 radical (unpaired) electrons. The summed E-state index contributed by atoms with van der Waals surface area (Å²) in [6.45, 7) is 5.75. The fourth-order valence-corrected chi connectivity index (χ4v) is 3.65. The lowest BCUT2D eigenvalue weighted by atomic mass is 10.1. The van der Waals surface area contributed by atoms with Crippen LogP contribution in [0, 0.1) is 6.92 Å². The van der Waals surface area contributed by atoms with Crippen LogP contribution in [0.4, 0.5) is 0 Å². The van der Waals surface area contributed by atoms with Crippen LogP contribution in [0.5, 0.6) is 0 Å². The van der Waals surface area contributed by atoms with Gasteiger partial charge in [0.1, 0.15) is 6.04 Å². The van der Waals surface area contributed by atoms with E-state index in [4.69, 9.17) is 0 Å².